The molecule has 0 aliphatic heterocycles. The lowest BCUT2D eigenvalue weighted by molar-refractivity contribution is -0.140. The summed E-state index contributed by atoms with van der Waals surface area (Å²) in [4.78, 5) is 12.0. The fraction of sp³-hybridized carbons (Fsp3) is 0.370. The molecule has 0 radical (unpaired) electrons. The van der Waals surface area contributed by atoms with Gasteiger partial charge in [0.25, 0.3) is 0 Å². The van der Waals surface area contributed by atoms with Crippen molar-refractivity contribution in [2.45, 2.75) is 58.9 Å². The highest BCUT2D eigenvalue weighted by atomic mass is 16.5. The number of carbonyl (C=O) groups excluding carboxylic acids is 1. The zero-order valence-corrected chi connectivity index (χ0v) is 18.5. The largest absolute Gasteiger partial charge is 0.469 e. The molecule has 3 heteroatoms. The van der Waals surface area contributed by atoms with Crippen LogP contribution in [0.25, 0.3) is 22.3 Å². The predicted octanol–water partition coefficient (Wildman–Crippen LogP) is 6.82. The number of ether oxygens (including phenoxy) is 1. The van der Waals surface area contributed by atoms with Crippen molar-refractivity contribution >= 4 is 5.97 Å². The minimum Gasteiger partial charge on any atom is -0.469 e. The Labute approximate surface area is 180 Å². The van der Waals surface area contributed by atoms with Gasteiger partial charge in [0.05, 0.1) is 13.5 Å². The van der Waals surface area contributed by atoms with Gasteiger partial charge in [0.15, 0.2) is 0 Å². The molecule has 0 aliphatic carbocycles. The van der Waals surface area contributed by atoms with Gasteiger partial charge in [0.1, 0.15) is 0 Å². The summed E-state index contributed by atoms with van der Waals surface area (Å²) in [5.41, 5.74) is 7.46. The first-order valence-electron chi connectivity index (χ1n) is 11.1. The van der Waals surface area contributed by atoms with E-state index in [0.29, 0.717) is 12.8 Å². The third kappa shape index (κ3) is 5.02. The van der Waals surface area contributed by atoms with E-state index < -0.39 is 0 Å². The van der Waals surface area contributed by atoms with E-state index in [1.165, 1.54) is 60.0 Å². The van der Waals surface area contributed by atoms with Crippen LogP contribution in [0.3, 0.4) is 0 Å². The Morgan fingerprint density at radius 2 is 1.47 bits per heavy atom. The molecule has 0 N–H and O–H groups in total. The van der Waals surface area contributed by atoms with Crippen molar-refractivity contribution in [2.24, 2.45) is 0 Å². The molecule has 0 unspecified atom stereocenters. The van der Waals surface area contributed by atoms with Gasteiger partial charge >= 0.3 is 5.97 Å². The van der Waals surface area contributed by atoms with Crippen molar-refractivity contribution in [2.75, 3.05) is 7.11 Å². The Kier molecular flexibility index (Phi) is 7.89. The second kappa shape index (κ2) is 10.8. The molecule has 0 aliphatic rings. The minimum absolute atomic E-state index is 0.161. The van der Waals surface area contributed by atoms with Gasteiger partial charge in [-0.15, -0.1) is 0 Å². The minimum atomic E-state index is -0.161. The molecule has 30 heavy (non-hydrogen) atoms. The van der Waals surface area contributed by atoms with E-state index in [1.54, 1.807) is 0 Å². The number of carbonyl (C=O) groups is 1. The smallest absolute Gasteiger partial charge is 0.305 e. The molecule has 0 atom stereocenters. The van der Waals surface area contributed by atoms with Gasteiger partial charge in [0.2, 0.25) is 0 Å². The van der Waals surface area contributed by atoms with E-state index in [2.05, 4.69) is 79.1 Å². The number of unbranched alkanes of at least 4 members (excludes halogenated alkanes) is 3. The predicted molar refractivity (Wildman–Crippen MR) is 125 cm³/mol. The first-order valence-corrected chi connectivity index (χ1v) is 11.1. The number of benzene rings is 2. The number of rotatable bonds is 10. The van der Waals surface area contributed by atoms with Crippen LogP contribution in [-0.4, -0.2) is 17.6 Å². The molecule has 0 bridgehead atoms. The fourth-order valence-corrected chi connectivity index (χ4v) is 4.25. The quantitative estimate of drug-likeness (QED) is 0.275. The molecular weight excluding hydrogens is 370 g/mol. The van der Waals surface area contributed by atoms with Crippen molar-refractivity contribution in [3.05, 3.63) is 72.1 Å². The summed E-state index contributed by atoms with van der Waals surface area (Å²) >= 11 is 0. The SMILES string of the molecule is CCCCCCn1c(C)c(-c2ccccc2)c(-c2ccccc2)c1CCC(=O)OC. The summed E-state index contributed by atoms with van der Waals surface area (Å²) in [5, 5.41) is 0. The molecule has 1 aromatic heterocycles. The molecule has 0 saturated carbocycles. The molecule has 0 spiro atoms. The second-order valence-electron chi connectivity index (χ2n) is 7.80. The molecule has 158 valence electrons. The topological polar surface area (TPSA) is 31.2 Å². The summed E-state index contributed by atoms with van der Waals surface area (Å²) in [7, 11) is 1.46. The van der Waals surface area contributed by atoms with Crippen LogP contribution in [0.2, 0.25) is 0 Å². The third-order valence-corrected chi connectivity index (χ3v) is 5.78. The number of methoxy groups -OCH3 is 1. The Morgan fingerprint density at radius 3 is 2.03 bits per heavy atom. The average molecular weight is 404 g/mol. The Balaban J connectivity index is 2.15. The molecule has 3 rings (SSSR count). The maximum absolute atomic E-state index is 12.0. The Morgan fingerprint density at radius 1 is 0.867 bits per heavy atom. The first-order chi connectivity index (χ1) is 14.7. The second-order valence-corrected chi connectivity index (χ2v) is 7.80. The lowest BCUT2D eigenvalue weighted by Gasteiger charge is -2.13. The Hall–Kier alpha value is -2.81. The number of hydrogen-bond acceptors (Lipinski definition) is 2. The summed E-state index contributed by atoms with van der Waals surface area (Å²) in [5.74, 6) is -0.161. The van der Waals surface area contributed by atoms with Crippen molar-refractivity contribution < 1.29 is 9.53 Å². The highest BCUT2D eigenvalue weighted by Crippen LogP contribution is 2.40. The van der Waals surface area contributed by atoms with Gasteiger partial charge in [-0.2, -0.15) is 0 Å². The van der Waals surface area contributed by atoms with Gasteiger partial charge in [-0.3, -0.25) is 4.79 Å². The van der Waals surface area contributed by atoms with Crippen LogP contribution in [0, 0.1) is 6.92 Å². The fourth-order valence-electron chi connectivity index (χ4n) is 4.25. The van der Waals surface area contributed by atoms with E-state index in [4.69, 9.17) is 4.74 Å². The van der Waals surface area contributed by atoms with Crippen molar-refractivity contribution in [1.29, 1.82) is 0 Å². The van der Waals surface area contributed by atoms with Gasteiger partial charge < -0.3 is 9.30 Å². The lowest BCUT2D eigenvalue weighted by atomic mass is 9.94. The standard InChI is InChI=1S/C27H33NO2/c1-4-5-6-13-20-28-21(2)26(22-14-9-7-10-15-22)27(23-16-11-8-12-17-23)24(28)18-19-25(29)30-3/h7-12,14-17H,4-6,13,18-20H2,1-3H3. The number of esters is 1. The molecule has 0 amide bonds. The highest BCUT2D eigenvalue weighted by molar-refractivity contribution is 5.88. The zero-order valence-electron chi connectivity index (χ0n) is 18.5. The van der Waals surface area contributed by atoms with Gasteiger partial charge in [-0.1, -0.05) is 86.8 Å². The maximum atomic E-state index is 12.0. The molecular formula is C27H33NO2. The average Bonchev–Trinajstić information content (AvgIpc) is 3.07. The van der Waals surface area contributed by atoms with Crippen LogP contribution in [0.5, 0.6) is 0 Å². The number of aromatic nitrogens is 1. The van der Waals surface area contributed by atoms with Crippen LogP contribution >= 0.6 is 0 Å². The number of nitrogens with zero attached hydrogens (tertiary/aromatic N) is 1. The highest BCUT2D eigenvalue weighted by Gasteiger charge is 2.23. The lowest BCUT2D eigenvalue weighted by Crippen LogP contribution is -2.09. The van der Waals surface area contributed by atoms with E-state index in [0.717, 1.165) is 13.0 Å². The van der Waals surface area contributed by atoms with E-state index in [1.807, 2.05) is 0 Å². The van der Waals surface area contributed by atoms with Crippen LogP contribution in [0.4, 0.5) is 0 Å². The maximum Gasteiger partial charge on any atom is 0.305 e. The monoisotopic (exact) mass is 403 g/mol. The summed E-state index contributed by atoms with van der Waals surface area (Å²) in [6, 6.07) is 21.2. The normalized spacial score (nSPS) is 10.9. The molecule has 0 saturated heterocycles. The molecule has 3 aromatic rings. The summed E-state index contributed by atoms with van der Waals surface area (Å²) < 4.78 is 7.39. The van der Waals surface area contributed by atoms with Crippen LogP contribution in [0.1, 0.15) is 50.4 Å². The summed E-state index contributed by atoms with van der Waals surface area (Å²) in [6.45, 7) is 5.44. The van der Waals surface area contributed by atoms with E-state index in [9.17, 15) is 4.79 Å². The van der Waals surface area contributed by atoms with E-state index in [-0.39, 0.29) is 5.97 Å². The van der Waals surface area contributed by atoms with Crippen LogP contribution in [-0.2, 0) is 22.5 Å². The first kappa shape index (κ1) is 21.9. The Bertz CT molecular complexity index is 942. The van der Waals surface area contributed by atoms with Crippen LogP contribution in [0.15, 0.2) is 60.7 Å². The van der Waals surface area contributed by atoms with Crippen molar-refractivity contribution in [3.8, 4) is 22.3 Å². The zero-order chi connectivity index (χ0) is 21.3. The van der Waals surface area contributed by atoms with Crippen molar-refractivity contribution in [1.82, 2.24) is 4.57 Å². The number of hydrogen-bond donors (Lipinski definition) is 0. The van der Waals surface area contributed by atoms with Gasteiger partial charge in [-0.25, -0.2) is 0 Å². The van der Waals surface area contributed by atoms with E-state index >= 15 is 0 Å². The van der Waals surface area contributed by atoms with Gasteiger partial charge in [-0.05, 0) is 30.9 Å². The van der Waals surface area contributed by atoms with Gasteiger partial charge in [0, 0.05) is 29.1 Å². The third-order valence-electron chi connectivity index (χ3n) is 5.78. The van der Waals surface area contributed by atoms with Crippen molar-refractivity contribution in [3.63, 3.8) is 0 Å². The van der Waals surface area contributed by atoms with Crippen LogP contribution < -0.4 is 0 Å². The molecule has 0 fully saturated rings. The summed E-state index contributed by atoms with van der Waals surface area (Å²) in [6.07, 6.45) is 5.93. The molecule has 2 aromatic carbocycles. The molecule has 1 heterocycles. The molecule has 3 nitrogen and oxygen atoms in total.